The van der Waals surface area contributed by atoms with E-state index in [1.54, 1.807) is 18.2 Å². The molecule has 6 heteroatoms. The van der Waals surface area contributed by atoms with Crippen LogP contribution in [0.4, 0.5) is 5.69 Å². The van der Waals surface area contributed by atoms with E-state index in [2.05, 4.69) is 5.32 Å². The summed E-state index contributed by atoms with van der Waals surface area (Å²) in [6.07, 6.45) is 0. The van der Waals surface area contributed by atoms with Gasteiger partial charge in [0.15, 0.2) is 0 Å². The second kappa shape index (κ2) is 5.94. The summed E-state index contributed by atoms with van der Waals surface area (Å²) in [7, 11) is 1.42. The average molecular weight is 264 g/mol. The van der Waals surface area contributed by atoms with Gasteiger partial charge < -0.3 is 15.2 Å². The summed E-state index contributed by atoms with van der Waals surface area (Å²) in [5.41, 5.74) is 0.398. The predicted molar refractivity (Wildman–Crippen MR) is 63.4 cm³/mol. The number of halogens is 2. The highest BCUT2D eigenvalue weighted by Gasteiger charge is 2.19. The zero-order chi connectivity index (χ0) is 12.1. The molecule has 0 aliphatic heterocycles. The summed E-state index contributed by atoms with van der Waals surface area (Å²) < 4.78 is 4.79. The van der Waals surface area contributed by atoms with Crippen LogP contribution in [0.5, 0.6) is 0 Å². The number of aliphatic carboxylic acids is 1. The van der Waals surface area contributed by atoms with Crippen LogP contribution in [0.2, 0.25) is 10.0 Å². The second-order valence-corrected chi connectivity index (χ2v) is 3.90. The molecule has 0 aromatic heterocycles. The van der Waals surface area contributed by atoms with E-state index in [0.717, 1.165) is 0 Å². The van der Waals surface area contributed by atoms with Crippen molar-refractivity contribution in [2.45, 2.75) is 6.04 Å². The van der Waals surface area contributed by atoms with Crippen molar-refractivity contribution < 1.29 is 14.6 Å². The highest BCUT2D eigenvalue weighted by Crippen LogP contribution is 2.30. The molecule has 4 nitrogen and oxygen atoms in total. The zero-order valence-corrected chi connectivity index (χ0v) is 10.0. The molecule has 88 valence electrons. The van der Waals surface area contributed by atoms with Gasteiger partial charge in [-0.1, -0.05) is 29.3 Å². The Labute approximate surface area is 103 Å². The number of benzene rings is 1. The molecule has 1 aromatic rings. The predicted octanol–water partition coefficient (Wildman–Crippen LogP) is 2.50. The van der Waals surface area contributed by atoms with Gasteiger partial charge >= 0.3 is 5.97 Å². The van der Waals surface area contributed by atoms with Crippen molar-refractivity contribution in [2.24, 2.45) is 0 Å². The van der Waals surface area contributed by atoms with Crippen LogP contribution in [0.25, 0.3) is 0 Å². The van der Waals surface area contributed by atoms with Gasteiger partial charge in [0.25, 0.3) is 0 Å². The molecular weight excluding hydrogens is 253 g/mol. The van der Waals surface area contributed by atoms with Crippen molar-refractivity contribution in [2.75, 3.05) is 19.0 Å². The second-order valence-electron chi connectivity index (χ2n) is 3.09. The van der Waals surface area contributed by atoms with Crippen molar-refractivity contribution in [1.29, 1.82) is 0 Å². The number of carboxylic acid groups (broad SMARTS) is 1. The Kier molecular flexibility index (Phi) is 4.86. The third-order valence-corrected chi connectivity index (χ3v) is 2.54. The zero-order valence-electron chi connectivity index (χ0n) is 8.54. The van der Waals surface area contributed by atoms with Gasteiger partial charge in [0, 0.05) is 7.11 Å². The van der Waals surface area contributed by atoms with Gasteiger partial charge in [0.2, 0.25) is 0 Å². The lowest BCUT2D eigenvalue weighted by Gasteiger charge is -2.16. The van der Waals surface area contributed by atoms with E-state index in [4.69, 9.17) is 33.0 Å². The number of carbonyl (C=O) groups is 1. The minimum atomic E-state index is -1.03. The highest BCUT2D eigenvalue weighted by molar-refractivity contribution is 6.39. The van der Waals surface area contributed by atoms with Crippen LogP contribution in [0.15, 0.2) is 18.2 Å². The van der Waals surface area contributed by atoms with E-state index < -0.39 is 12.0 Å². The van der Waals surface area contributed by atoms with Crippen LogP contribution in [0.1, 0.15) is 0 Å². The maximum absolute atomic E-state index is 10.9. The number of carboxylic acids is 1. The Bertz CT molecular complexity index is 364. The van der Waals surface area contributed by atoms with E-state index in [1.807, 2.05) is 0 Å². The molecule has 1 rings (SSSR count). The minimum Gasteiger partial charge on any atom is -0.480 e. The summed E-state index contributed by atoms with van der Waals surface area (Å²) >= 11 is 11.8. The number of para-hydroxylation sites is 1. The van der Waals surface area contributed by atoms with Crippen LogP contribution < -0.4 is 5.32 Å². The Hall–Kier alpha value is -0.970. The summed E-state index contributed by atoms with van der Waals surface area (Å²) in [5.74, 6) is -1.03. The molecule has 0 spiro atoms. The fraction of sp³-hybridized carbons (Fsp3) is 0.300. The first-order valence-corrected chi connectivity index (χ1v) is 5.24. The van der Waals surface area contributed by atoms with Crippen LogP contribution >= 0.6 is 23.2 Å². The topological polar surface area (TPSA) is 58.6 Å². The van der Waals surface area contributed by atoms with Crippen LogP contribution in [-0.4, -0.2) is 30.8 Å². The third kappa shape index (κ3) is 3.27. The van der Waals surface area contributed by atoms with Crippen molar-refractivity contribution in [3.63, 3.8) is 0 Å². The molecule has 1 aromatic carbocycles. The number of rotatable bonds is 5. The van der Waals surface area contributed by atoms with Crippen LogP contribution in [0.3, 0.4) is 0 Å². The van der Waals surface area contributed by atoms with Crippen LogP contribution in [-0.2, 0) is 9.53 Å². The normalized spacial score (nSPS) is 12.2. The van der Waals surface area contributed by atoms with Crippen LogP contribution in [0, 0.1) is 0 Å². The number of hydrogen-bond donors (Lipinski definition) is 2. The lowest BCUT2D eigenvalue weighted by molar-refractivity contribution is -0.139. The lowest BCUT2D eigenvalue weighted by atomic mass is 10.2. The molecule has 0 aliphatic rings. The van der Waals surface area contributed by atoms with Gasteiger partial charge in [-0.05, 0) is 12.1 Å². The first kappa shape index (κ1) is 13.1. The Morgan fingerprint density at radius 2 is 2.06 bits per heavy atom. The first-order chi connectivity index (χ1) is 7.56. The molecule has 0 saturated heterocycles. The van der Waals surface area contributed by atoms with Gasteiger partial charge in [0.05, 0.1) is 22.3 Å². The number of hydrogen-bond acceptors (Lipinski definition) is 3. The maximum Gasteiger partial charge on any atom is 0.328 e. The standard InChI is InChI=1S/C10H11Cl2NO3/c1-16-5-8(10(14)15)13-9-6(11)3-2-4-7(9)12/h2-4,8,13H,5H2,1H3,(H,14,15). The molecule has 0 saturated carbocycles. The SMILES string of the molecule is COCC(Nc1c(Cl)cccc1Cl)C(=O)O. The minimum absolute atomic E-state index is 0.0247. The largest absolute Gasteiger partial charge is 0.480 e. The number of ether oxygens (including phenoxy) is 1. The van der Waals surface area contributed by atoms with E-state index in [0.29, 0.717) is 15.7 Å². The third-order valence-electron chi connectivity index (χ3n) is 1.91. The maximum atomic E-state index is 10.9. The molecule has 1 unspecified atom stereocenters. The van der Waals surface area contributed by atoms with E-state index >= 15 is 0 Å². The summed E-state index contributed by atoms with van der Waals surface area (Å²) in [5, 5.41) is 12.4. The van der Waals surface area contributed by atoms with Gasteiger partial charge in [-0.15, -0.1) is 0 Å². The molecule has 0 aliphatic carbocycles. The summed E-state index contributed by atoms with van der Waals surface area (Å²) in [6, 6.07) is 4.05. The van der Waals surface area contributed by atoms with Crippen molar-refractivity contribution in [1.82, 2.24) is 0 Å². The Morgan fingerprint density at radius 3 is 2.50 bits per heavy atom. The smallest absolute Gasteiger partial charge is 0.328 e. The molecular formula is C10H11Cl2NO3. The number of methoxy groups -OCH3 is 1. The lowest BCUT2D eigenvalue weighted by Crippen LogP contribution is -2.33. The molecule has 0 radical (unpaired) electrons. The number of anilines is 1. The van der Waals surface area contributed by atoms with Gasteiger partial charge in [0.1, 0.15) is 6.04 Å². The van der Waals surface area contributed by atoms with Gasteiger partial charge in [-0.3, -0.25) is 0 Å². The number of nitrogens with one attached hydrogen (secondary N) is 1. The molecule has 0 heterocycles. The highest BCUT2D eigenvalue weighted by atomic mass is 35.5. The Balaban J connectivity index is 2.89. The van der Waals surface area contributed by atoms with Crippen molar-refractivity contribution >= 4 is 34.9 Å². The fourth-order valence-corrected chi connectivity index (χ4v) is 1.66. The molecule has 0 fully saturated rings. The molecule has 16 heavy (non-hydrogen) atoms. The van der Waals surface area contributed by atoms with E-state index in [-0.39, 0.29) is 6.61 Å². The first-order valence-electron chi connectivity index (χ1n) is 4.48. The van der Waals surface area contributed by atoms with Crippen molar-refractivity contribution in [3.8, 4) is 0 Å². The molecule has 0 amide bonds. The van der Waals surface area contributed by atoms with Gasteiger partial charge in [-0.2, -0.15) is 0 Å². The fourth-order valence-electron chi connectivity index (χ4n) is 1.15. The monoisotopic (exact) mass is 263 g/mol. The summed E-state index contributed by atoms with van der Waals surface area (Å²) in [6.45, 7) is 0.0247. The van der Waals surface area contributed by atoms with E-state index in [1.165, 1.54) is 7.11 Å². The molecule has 0 bridgehead atoms. The Morgan fingerprint density at radius 1 is 1.50 bits per heavy atom. The average Bonchev–Trinajstić information content (AvgIpc) is 2.21. The molecule has 2 N–H and O–H groups in total. The molecule has 1 atom stereocenters. The van der Waals surface area contributed by atoms with E-state index in [9.17, 15) is 4.79 Å². The quantitative estimate of drug-likeness (QED) is 0.857. The van der Waals surface area contributed by atoms with Crippen molar-refractivity contribution in [3.05, 3.63) is 28.2 Å². The summed E-state index contributed by atoms with van der Waals surface area (Å²) in [4.78, 5) is 10.9. The van der Waals surface area contributed by atoms with Gasteiger partial charge in [-0.25, -0.2) is 4.79 Å².